The van der Waals surface area contributed by atoms with E-state index in [2.05, 4.69) is 25.7 Å². The number of hydrogen-bond acceptors (Lipinski definition) is 3. The van der Waals surface area contributed by atoms with E-state index in [0.29, 0.717) is 6.07 Å². The van der Waals surface area contributed by atoms with Crippen molar-refractivity contribution in [3.63, 3.8) is 0 Å². The molecular weight excluding hydrogens is 303 g/mol. The normalized spacial score (nSPS) is 10.7. The van der Waals surface area contributed by atoms with Crippen molar-refractivity contribution in [3.05, 3.63) is 28.8 Å². The van der Waals surface area contributed by atoms with Crippen LogP contribution in [-0.4, -0.2) is 18.1 Å². The van der Waals surface area contributed by atoms with Crippen molar-refractivity contribution in [3.8, 4) is 0 Å². The van der Waals surface area contributed by atoms with E-state index in [1.807, 2.05) is 0 Å². The molecule has 0 saturated carbocycles. The summed E-state index contributed by atoms with van der Waals surface area (Å²) in [5.41, 5.74) is -0.644. The van der Waals surface area contributed by atoms with Crippen molar-refractivity contribution in [2.45, 2.75) is 18.2 Å². The summed E-state index contributed by atoms with van der Waals surface area (Å²) in [5, 5.41) is 0.0850. The summed E-state index contributed by atoms with van der Waals surface area (Å²) in [5.74, 6) is -1.48. The maximum Gasteiger partial charge on any atom is 0.311 e. The molecule has 7 heteroatoms. The number of aromatic nitrogens is 1. The number of carbonyl (C=O) groups is 1. The number of halogens is 4. The first-order chi connectivity index (χ1) is 7.99. The molecule has 0 N–H and O–H groups in total. The quantitative estimate of drug-likeness (QED) is 0.634. The van der Waals surface area contributed by atoms with Crippen molar-refractivity contribution in [2.24, 2.45) is 0 Å². The Balaban J connectivity index is 3.19. The smallest absolute Gasteiger partial charge is 0.311 e. The Morgan fingerprint density at radius 2 is 2.24 bits per heavy atom. The van der Waals surface area contributed by atoms with E-state index in [9.17, 15) is 18.0 Å². The molecule has 0 aromatic carbocycles. The zero-order chi connectivity index (χ0) is 13.0. The highest BCUT2D eigenvalue weighted by atomic mass is 79.9. The SMILES string of the molecule is COC(=O)Cc1nc(C(F)F)cc(F)c1CBr. The van der Waals surface area contributed by atoms with Gasteiger partial charge in [-0.05, 0) is 0 Å². The van der Waals surface area contributed by atoms with Crippen LogP contribution in [0.1, 0.15) is 23.4 Å². The Kier molecular flexibility index (Phi) is 4.92. The highest BCUT2D eigenvalue weighted by molar-refractivity contribution is 9.08. The first-order valence-corrected chi connectivity index (χ1v) is 5.70. The number of methoxy groups -OCH3 is 1. The monoisotopic (exact) mass is 311 g/mol. The van der Waals surface area contributed by atoms with Gasteiger partial charge in [0.15, 0.2) is 0 Å². The summed E-state index contributed by atoms with van der Waals surface area (Å²) in [6.45, 7) is 0. The van der Waals surface area contributed by atoms with Gasteiger partial charge in [-0.2, -0.15) is 0 Å². The average molecular weight is 312 g/mol. The van der Waals surface area contributed by atoms with Crippen LogP contribution >= 0.6 is 15.9 Å². The van der Waals surface area contributed by atoms with Gasteiger partial charge in [0.05, 0.1) is 19.2 Å². The maximum absolute atomic E-state index is 13.5. The van der Waals surface area contributed by atoms with Gasteiger partial charge >= 0.3 is 5.97 Å². The number of ether oxygens (including phenoxy) is 1. The molecule has 0 bridgehead atoms. The third-order valence-corrected chi connectivity index (χ3v) is 2.63. The molecule has 0 unspecified atom stereocenters. The second kappa shape index (κ2) is 6.00. The van der Waals surface area contributed by atoms with E-state index in [4.69, 9.17) is 0 Å². The molecule has 1 aromatic heterocycles. The molecule has 0 fully saturated rings. The summed E-state index contributed by atoms with van der Waals surface area (Å²) < 4.78 is 42.7. The fraction of sp³-hybridized carbons (Fsp3) is 0.400. The molecule has 1 aromatic rings. The van der Waals surface area contributed by atoms with E-state index < -0.39 is 23.9 Å². The first kappa shape index (κ1) is 14.0. The van der Waals surface area contributed by atoms with Crippen molar-refractivity contribution in [1.82, 2.24) is 4.98 Å². The lowest BCUT2D eigenvalue weighted by Crippen LogP contribution is -2.11. The number of nitrogens with zero attached hydrogens (tertiary/aromatic N) is 1. The van der Waals surface area contributed by atoms with Gasteiger partial charge in [0.1, 0.15) is 11.5 Å². The standard InChI is InChI=1S/C10H9BrF3NO2/c1-17-9(16)3-7-5(4-11)6(12)2-8(15-7)10(13)14/h2,10H,3-4H2,1H3. The van der Waals surface area contributed by atoms with Crippen LogP contribution in [0.25, 0.3) is 0 Å². The highest BCUT2D eigenvalue weighted by Gasteiger charge is 2.19. The Hall–Kier alpha value is -1.11. The lowest BCUT2D eigenvalue weighted by Gasteiger charge is -2.09. The number of rotatable bonds is 4. The molecule has 0 aliphatic rings. The second-order valence-corrected chi connectivity index (χ2v) is 3.70. The number of carbonyl (C=O) groups excluding carboxylic acids is 1. The molecule has 0 spiro atoms. The van der Waals surface area contributed by atoms with E-state index in [-0.39, 0.29) is 23.0 Å². The minimum absolute atomic E-state index is 0.0379. The predicted molar refractivity (Wildman–Crippen MR) is 57.5 cm³/mol. The van der Waals surface area contributed by atoms with Gasteiger partial charge in [0, 0.05) is 17.0 Å². The molecule has 17 heavy (non-hydrogen) atoms. The van der Waals surface area contributed by atoms with E-state index in [1.54, 1.807) is 0 Å². The van der Waals surface area contributed by atoms with E-state index in [1.165, 1.54) is 0 Å². The molecular formula is C10H9BrF3NO2. The Morgan fingerprint density at radius 3 is 2.71 bits per heavy atom. The van der Waals surface area contributed by atoms with Gasteiger partial charge < -0.3 is 4.74 Å². The van der Waals surface area contributed by atoms with Crippen LogP contribution in [0.15, 0.2) is 6.07 Å². The van der Waals surface area contributed by atoms with Gasteiger partial charge in [-0.3, -0.25) is 9.78 Å². The second-order valence-electron chi connectivity index (χ2n) is 3.14. The third-order valence-electron chi connectivity index (χ3n) is 2.07. The zero-order valence-corrected chi connectivity index (χ0v) is 10.4. The number of alkyl halides is 3. The van der Waals surface area contributed by atoms with Crippen LogP contribution in [0.4, 0.5) is 13.2 Å². The third kappa shape index (κ3) is 3.42. The summed E-state index contributed by atoms with van der Waals surface area (Å²) in [6, 6.07) is 0.669. The predicted octanol–water partition coefficient (Wildman–Crippen LogP) is 2.77. The molecule has 1 rings (SSSR count). The maximum atomic E-state index is 13.5. The number of pyridine rings is 1. The zero-order valence-electron chi connectivity index (χ0n) is 8.84. The van der Waals surface area contributed by atoms with Crippen LogP contribution in [0.2, 0.25) is 0 Å². The van der Waals surface area contributed by atoms with Crippen molar-refractivity contribution in [1.29, 1.82) is 0 Å². The molecule has 0 aliphatic heterocycles. The molecule has 3 nitrogen and oxygen atoms in total. The lowest BCUT2D eigenvalue weighted by atomic mass is 10.1. The van der Waals surface area contributed by atoms with Gasteiger partial charge in [0.25, 0.3) is 6.43 Å². The lowest BCUT2D eigenvalue weighted by molar-refractivity contribution is -0.139. The van der Waals surface area contributed by atoms with Crippen LogP contribution in [0, 0.1) is 5.82 Å². The minimum atomic E-state index is -2.88. The summed E-state index contributed by atoms with van der Waals surface area (Å²) >= 11 is 3.01. The summed E-state index contributed by atoms with van der Waals surface area (Å²) in [7, 11) is 1.16. The summed E-state index contributed by atoms with van der Waals surface area (Å²) in [4.78, 5) is 14.6. The van der Waals surface area contributed by atoms with Crippen LogP contribution in [0.3, 0.4) is 0 Å². The largest absolute Gasteiger partial charge is 0.469 e. The summed E-state index contributed by atoms with van der Waals surface area (Å²) in [6.07, 6.45) is -3.22. The van der Waals surface area contributed by atoms with Crippen LogP contribution < -0.4 is 0 Å². The molecule has 94 valence electrons. The van der Waals surface area contributed by atoms with Gasteiger partial charge in [0.2, 0.25) is 0 Å². The number of esters is 1. The number of hydrogen-bond donors (Lipinski definition) is 0. The van der Waals surface area contributed by atoms with Crippen LogP contribution in [-0.2, 0) is 21.3 Å². The minimum Gasteiger partial charge on any atom is -0.469 e. The molecule has 0 amide bonds. The highest BCUT2D eigenvalue weighted by Crippen LogP contribution is 2.23. The van der Waals surface area contributed by atoms with Crippen LogP contribution in [0.5, 0.6) is 0 Å². The van der Waals surface area contributed by atoms with Crippen molar-refractivity contribution >= 4 is 21.9 Å². The molecule has 0 atom stereocenters. The Labute approximate surface area is 104 Å². The first-order valence-electron chi connectivity index (χ1n) is 4.58. The Morgan fingerprint density at radius 1 is 1.59 bits per heavy atom. The fourth-order valence-corrected chi connectivity index (χ4v) is 1.81. The molecule has 0 saturated heterocycles. The van der Waals surface area contributed by atoms with Gasteiger partial charge in [-0.15, -0.1) is 0 Å². The van der Waals surface area contributed by atoms with E-state index in [0.717, 1.165) is 7.11 Å². The van der Waals surface area contributed by atoms with E-state index >= 15 is 0 Å². The van der Waals surface area contributed by atoms with Gasteiger partial charge in [-0.25, -0.2) is 13.2 Å². The average Bonchev–Trinajstić information content (AvgIpc) is 2.28. The molecule has 1 heterocycles. The molecule has 0 aliphatic carbocycles. The topological polar surface area (TPSA) is 39.2 Å². The van der Waals surface area contributed by atoms with Crippen molar-refractivity contribution < 1.29 is 22.7 Å². The fourth-order valence-electron chi connectivity index (χ4n) is 1.22. The molecule has 0 radical (unpaired) electrons. The van der Waals surface area contributed by atoms with Gasteiger partial charge in [-0.1, -0.05) is 15.9 Å². The van der Waals surface area contributed by atoms with Crippen molar-refractivity contribution in [2.75, 3.05) is 7.11 Å². The Bertz CT molecular complexity index is 426.